The predicted molar refractivity (Wildman–Crippen MR) is 184 cm³/mol. The third-order valence-electron chi connectivity index (χ3n) is 10.4. The molecule has 2 amide bonds. The first kappa shape index (κ1) is 37.2. The number of aromatic amines is 1. The number of benzene rings is 2. The van der Waals surface area contributed by atoms with Crippen LogP contribution in [0.25, 0.3) is 11.4 Å². The highest BCUT2D eigenvalue weighted by Gasteiger charge is 2.39. The zero-order valence-electron chi connectivity index (χ0n) is 28.4. The molecule has 3 aliphatic rings. The molecule has 3 aliphatic heterocycles. The Kier molecular flexibility index (Phi) is 11.1. The summed E-state index contributed by atoms with van der Waals surface area (Å²) in [7, 11) is 0. The van der Waals surface area contributed by atoms with E-state index >= 15 is 0 Å². The number of halogens is 4. The average Bonchev–Trinajstić information content (AvgIpc) is 3.77. The molecule has 0 bridgehead atoms. The van der Waals surface area contributed by atoms with Gasteiger partial charge < -0.3 is 25.4 Å². The van der Waals surface area contributed by atoms with Crippen LogP contribution in [0, 0.1) is 11.8 Å². The van der Waals surface area contributed by atoms with Gasteiger partial charge in [0.25, 0.3) is 5.91 Å². The Morgan fingerprint density at radius 1 is 0.981 bits per heavy atom. The fraction of sp³-hybridized carbons (Fsp3) is 0.514. The number of nitrogens with one attached hydrogen (secondary N) is 1. The van der Waals surface area contributed by atoms with Crippen molar-refractivity contribution in [3.8, 4) is 11.4 Å². The number of anilines is 1. The van der Waals surface area contributed by atoms with Crippen LogP contribution < -0.4 is 11.4 Å². The first-order chi connectivity index (χ1) is 24.8. The number of nitrogens with zero attached hydrogens (tertiary/aromatic N) is 5. The number of aromatic nitrogens is 3. The molecule has 0 radical (unpaired) electrons. The van der Waals surface area contributed by atoms with Gasteiger partial charge in [0.05, 0.1) is 28.9 Å². The Morgan fingerprint density at radius 2 is 1.63 bits per heavy atom. The van der Waals surface area contributed by atoms with Gasteiger partial charge in [-0.05, 0) is 74.7 Å². The number of nitrogen functional groups attached to an aromatic ring is 1. The highest BCUT2D eigenvalue weighted by atomic mass is 35.5. The van der Waals surface area contributed by atoms with Gasteiger partial charge in [-0.3, -0.25) is 19.5 Å². The molecule has 3 fully saturated rings. The van der Waals surface area contributed by atoms with Crippen molar-refractivity contribution in [2.24, 2.45) is 11.8 Å². The number of amides is 2. The van der Waals surface area contributed by atoms with Crippen molar-refractivity contribution < 1.29 is 37.4 Å². The second-order valence-corrected chi connectivity index (χ2v) is 14.2. The molecule has 280 valence electrons. The number of rotatable bonds is 9. The summed E-state index contributed by atoms with van der Waals surface area (Å²) in [4.78, 5) is 59.1. The van der Waals surface area contributed by atoms with E-state index in [-0.39, 0.29) is 60.2 Å². The van der Waals surface area contributed by atoms with Crippen molar-refractivity contribution in [1.29, 1.82) is 0 Å². The molecule has 0 aliphatic carbocycles. The summed E-state index contributed by atoms with van der Waals surface area (Å²) in [5, 5.41) is 13.3. The maximum atomic E-state index is 14.0. The lowest BCUT2D eigenvalue weighted by Crippen LogP contribution is -2.46. The lowest BCUT2D eigenvalue weighted by Gasteiger charge is -2.34. The van der Waals surface area contributed by atoms with E-state index in [0.717, 1.165) is 24.5 Å². The Bertz CT molecular complexity index is 1820. The number of nitrogens with two attached hydrogens (primary N) is 1. The summed E-state index contributed by atoms with van der Waals surface area (Å²) in [6, 6.07) is 11.0. The zero-order chi connectivity index (χ0) is 37.2. The van der Waals surface area contributed by atoms with Crippen LogP contribution in [0.15, 0.2) is 47.3 Å². The number of alkyl halides is 3. The smallest absolute Gasteiger partial charge is 0.418 e. The molecule has 17 heteroatoms. The van der Waals surface area contributed by atoms with Gasteiger partial charge in [0.2, 0.25) is 0 Å². The molecule has 4 heterocycles. The number of hydrogen-bond acceptors (Lipinski definition) is 8. The molecule has 6 rings (SSSR count). The zero-order valence-corrected chi connectivity index (χ0v) is 29.1. The minimum absolute atomic E-state index is 0.0192. The van der Waals surface area contributed by atoms with Gasteiger partial charge in [-0.15, -0.1) is 5.10 Å². The standard InChI is InChI=1S/C35H41ClF3N7O6/c36-27-17-21(16-26(30(27)40)35(37,38)39)18-28(32(49)45-13-8-24(19-45)22-6-11-43(12-7-22)20-29(47)48)52-34(51)44-14-9-25(10-15-44)46-33(50)41-31(42-46)23-4-2-1-3-5-23/h1-5,16-17,22,24-25,28H,6-15,18-20,40H2,(H,47,48)(H,41,42,50)/t24?,28-/m1/s1. The lowest BCUT2D eigenvalue weighted by atomic mass is 9.84. The number of piperidine rings is 2. The van der Waals surface area contributed by atoms with E-state index in [4.69, 9.17) is 27.2 Å². The van der Waals surface area contributed by atoms with Gasteiger partial charge in [-0.2, -0.15) is 13.2 Å². The second-order valence-electron chi connectivity index (χ2n) is 13.8. The van der Waals surface area contributed by atoms with Crippen LogP contribution in [0.1, 0.15) is 49.3 Å². The van der Waals surface area contributed by atoms with Gasteiger partial charge >= 0.3 is 23.9 Å². The highest BCUT2D eigenvalue weighted by Crippen LogP contribution is 2.38. The third kappa shape index (κ3) is 8.55. The van der Waals surface area contributed by atoms with Crippen LogP contribution in [0.4, 0.5) is 23.7 Å². The molecule has 3 aromatic rings. The van der Waals surface area contributed by atoms with Gasteiger partial charge in [-0.25, -0.2) is 14.3 Å². The molecule has 1 aromatic heterocycles. The number of aliphatic carboxylic acids is 1. The van der Waals surface area contributed by atoms with E-state index in [1.54, 1.807) is 4.90 Å². The molecule has 2 aromatic carbocycles. The average molecular weight is 748 g/mol. The van der Waals surface area contributed by atoms with Gasteiger partial charge in [0.15, 0.2) is 11.9 Å². The van der Waals surface area contributed by atoms with Crippen molar-refractivity contribution in [3.05, 3.63) is 69.1 Å². The molecule has 4 N–H and O–H groups in total. The number of carbonyl (C=O) groups excluding carboxylic acids is 2. The minimum atomic E-state index is -4.80. The van der Waals surface area contributed by atoms with Gasteiger partial charge in [0.1, 0.15) is 0 Å². The summed E-state index contributed by atoms with van der Waals surface area (Å²) in [6.07, 6.45) is -4.35. The monoisotopic (exact) mass is 747 g/mol. The minimum Gasteiger partial charge on any atom is -0.480 e. The largest absolute Gasteiger partial charge is 0.480 e. The predicted octanol–water partition coefficient (Wildman–Crippen LogP) is 4.52. The first-order valence-corrected chi connectivity index (χ1v) is 17.7. The lowest BCUT2D eigenvalue weighted by molar-refractivity contribution is -0.140. The SMILES string of the molecule is Nc1c(Cl)cc(C[C@@H](OC(=O)N2CCC(n3nc(-c4ccccc4)[nH]c3=O)CC2)C(=O)N2CCC(C3CCN(CC(=O)O)CC3)C2)cc1C(F)(F)F. The van der Waals surface area contributed by atoms with Crippen LogP contribution in [-0.2, 0) is 26.9 Å². The van der Waals surface area contributed by atoms with Gasteiger partial charge in [0, 0.05) is 38.2 Å². The molecular formula is C35H41ClF3N7O6. The number of carboxylic acids is 1. The fourth-order valence-corrected chi connectivity index (χ4v) is 7.81. The summed E-state index contributed by atoms with van der Waals surface area (Å²) < 4.78 is 48.6. The molecule has 0 saturated carbocycles. The highest BCUT2D eigenvalue weighted by molar-refractivity contribution is 6.33. The summed E-state index contributed by atoms with van der Waals surface area (Å²) in [6.45, 7) is 2.43. The van der Waals surface area contributed by atoms with Crippen LogP contribution in [0.2, 0.25) is 5.02 Å². The maximum absolute atomic E-state index is 14.0. The normalized spacial score (nSPS) is 19.9. The van der Waals surface area contributed by atoms with Crippen LogP contribution in [0.3, 0.4) is 0 Å². The van der Waals surface area contributed by atoms with Crippen LogP contribution >= 0.6 is 11.6 Å². The molecular weight excluding hydrogens is 707 g/mol. The number of carboxylic acid groups (broad SMARTS) is 1. The van der Waals surface area contributed by atoms with Crippen molar-refractivity contribution in [1.82, 2.24) is 29.5 Å². The van der Waals surface area contributed by atoms with Crippen molar-refractivity contribution in [3.63, 3.8) is 0 Å². The van der Waals surface area contributed by atoms with E-state index in [1.807, 2.05) is 35.2 Å². The Morgan fingerprint density at radius 3 is 2.29 bits per heavy atom. The maximum Gasteiger partial charge on any atom is 0.418 e. The number of H-pyrrole nitrogens is 1. The molecule has 3 saturated heterocycles. The van der Waals surface area contributed by atoms with Crippen molar-refractivity contribution >= 4 is 35.3 Å². The molecule has 52 heavy (non-hydrogen) atoms. The van der Waals surface area contributed by atoms with Crippen molar-refractivity contribution in [2.75, 3.05) is 51.5 Å². The number of carbonyl (C=O) groups is 3. The van der Waals surface area contributed by atoms with E-state index in [2.05, 4.69) is 10.1 Å². The van der Waals surface area contributed by atoms with E-state index in [1.165, 1.54) is 15.6 Å². The summed E-state index contributed by atoms with van der Waals surface area (Å²) in [5.41, 5.74) is 4.27. The van der Waals surface area contributed by atoms with E-state index in [0.29, 0.717) is 51.3 Å². The van der Waals surface area contributed by atoms with Crippen LogP contribution in [0.5, 0.6) is 0 Å². The molecule has 0 spiro atoms. The quantitative estimate of drug-likeness (QED) is 0.267. The topological polar surface area (TPSA) is 167 Å². The summed E-state index contributed by atoms with van der Waals surface area (Å²) >= 11 is 6.09. The van der Waals surface area contributed by atoms with Crippen LogP contribution in [-0.4, -0.2) is 104 Å². The molecule has 13 nitrogen and oxygen atoms in total. The first-order valence-electron chi connectivity index (χ1n) is 17.3. The molecule has 2 atom stereocenters. The van der Waals surface area contributed by atoms with E-state index < -0.39 is 41.5 Å². The molecule has 1 unspecified atom stereocenters. The number of ether oxygens (including phenoxy) is 1. The van der Waals surface area contributed by atoms with Crippen molar-refractivity contribution in [2.45, 2.75) is 56.8 Å². The Balaban J connectivity index is 1.14. The second kappa shape index (κ2) is 15.6. The third-order valence-corrected chi connectivity index (χ3v) is 10.7. The Labute approximate surface area is 302 Å². The van der Waals surface area contributed by atoms with Gasteiger partial charge in [-0.1, -0.05) is 41.9 Å². The number of likely N-dealkylation sites (tertiary alicyclic amines) is 3. The Hall–Kier alpha value is -4.57. The fourth-order valence-electron chi connectivity index (χ4n) is 7.57. The summed E-state index contributed by atoms with van der Waals surface area (Å²) in [5.74, 6) is -0.537. The van der Waals surface area contributed by atoms with E-state index in [9.17, 15) is 32.3 Å². The number of hydrogen-bond donors (Lipinski definition) is 3.